The highest BCUT2D eigenvalue weighted by Crippen LogP contribution is 2.35. The zero-order valence-corrected chi connectivity index (χ0v) is 14.6. The number of ether oxygens (including phenoxy) is 1. The lowest BCUT2D eigenvalue weighted by molar-refractivity contribution is 0.295. The van der Waals surface area contributed by atoms with Crippen LogP contribution in [0.15, 0.2) is 66.9 Å². The maximum absolute atomic E-state index is 5.29. The van der Waals surface area contributed by atoms with E-state index in [-0.39, 0.29) is 0 Å². The van der Waals surface area contributed by atoms with E-state index in [9.17, 15) is 0 Å². The van der Waals surface area contributed by atoms with Gasteiger partial charge in [-0.3, -0.25) is 4.98 Å². The van der Waals surface area contributed by atoms with E-state index in [0.29, 0.717) is 5.92 Å². The molecule has 1 atom stereocenters. The first-order valence-corrected chi connectivity index (χ1v) is 8.61. The second-order valence-corrected chi connectivity index (χ2v) is 6.65. The number of rotatable bonds is 3. The zero-order chi connectivity index (χ0) is 17.2. The lowest BCUT2D eigenvalue weighted by Crippen LogP contribution is -2.31. The summed E-state index contributed by atoms with van der Waals surface area (Å²) in [5.41, 5.74) is 6.35. The Labute approximate surface area is 148 Å². The number of hydrogen-bond acceptors (Lipinski definition) is 3. The van der Waals surface area contributed by atoms with E-state index in [1.54, 1.807) is 7.11 Å². The third kappa shape index (κ3) is 3.15. The Morgan fingerprint density at radius 3 is 2.60 bits per heavy atom. The molecule has 1 aromatic heterocycles. The average molecular weight is 330 g/mol. The largest absolute Gasteiger partial charge is 0.497 e. The molecule has 3 nitrogen and oxygen atoms in total. The van der Waals surface area contributed by atoms with E-state index in [0.717, 1.165) is 24.5 Å². The summed E-state index contributed by atoms with van der Waals surface area (Å²) < 4.78 is 5.29. The lowest BCUT2D eigenvalue weighted by Gasteiger charge is -2.33. The zero-order valence-electron chi connectivity index (χ0n) is 14.6. The minimum atomic E-state index is 0.387. The maximum Gasteiger partial charge on any atom is 0.118 e. The van der Waals surface area contributed by atoms with Crippen molar-refractivity contribution in [3.8, 4) is 17.0 Å². The molecule has 4 rings (SSSR count). The van der Waals surface area contributed by atoms with Gasteiger partial charge in [0.05, 0.1) is 12.8 Å². The molecule has 0 aliphatic carbocycles. The SMILES string of the molecule is COc1ccc([C@@H]2CN(C)Cc3cc(-c4ccccn4)ccc32)cc1. The maximum atomic E-state index is 5.29. The van der Waals surface area contributed by atoms with Crippen LogP contribution in [0, 0.1) is 0 Å². The van der Waals surface area contributed by atoms with E-state index >= 15 is 0 Å². The molecule has 3 aromatic rings. The Kier molecular flexibility index (Phi) is 4.24. The number of methoxy groups -OCH3 is 1. The monoisotopic (exact) mass is 330 g/mol. The van der Waals surface area contributed by atoms with Crippen LogP contribution in [0.3, 0.4) is 0 Å². The molecule has 126 valence electrons. The van der Waals surface area contributed by atoms with E-state index < -0.39 is 0 Å². The van der Waals surface area contributed by atoms with Gasteiger partial charge in [0.1, 0.15) is 5.75 Å². The summed E-state index contributed by atoms with van der Waals surface area (Å²) in [5.74, 6) is 1.29. The van der Waals surface area contributed by atoms with Gasteiger partial charge < -0.3 is 9.64 Å². The number of likely N-dealkylation sites (N-methyl/N-ethyl adjacent to an activating group) is 1. The van der Waals surface area contributed by atoms with Crippen molar-refractivity contribution in [2.75, 3.05) is 20.7 Å². The molecule has 0 amide bonds. The van der Waals surface area contributed by atoms with Crippen LogP contribution in [-0.2, 0) is 6.54 Å². The molecule has 0 bridgehead atoms. The Bertz CT molecular complexity index is 859. The fourth-order valence-electron chi connectivity index (χ4n) is 3.66. The highest BCUT2D eigenvalue weighted by molar-refractivity contribution is 5.62. The van der Waals surface area contributed by atoms with Gasteiger partial charge in [-0.15, -0.1) is 0 Å². The molecule has 1 aliphatic rings. The smallest absolute Gasteiger partial charge is 0.118 e. The highest BCUT2D eigenvalue weighted by Gasteiger charge is 2.25. The van der Waals surface area contributed by atoms with Gasteiger partial charge in [-0.1, -0.05) is 30.3 Å². The molecule has 0 saturated carbocycles. The molecule has 25 heavy (non-hydrogen) atoms. The van der Waals surface area contributed by atoms with Crippen LogP contribution in [0.25, 0.3) is 11.3 Å². The average Bonchev–Trinajstić information content (AvgIpc) is 2.67. The molecule has 1 aliphatic heterocycles. The topological polar surface area (TPSA) is 25.4 Å². The highest BCUT2D eigenvalue weighted by atomic mass is 16.5. The van der Waals surface area contributed by atoms with Crippen molar-refractivity contribution >= 4 is 0 Å². The minimum absolute atomic E-state index is 0.387. The minimum Gasteiger partial charge on any atom is -0.497 e. The van der Waals surface area contributed by atoms with Gasteiger partial charge in [0, 0.05) is 30.8 Å². The molecule has 3 heteroatoms. The molecule has 0 fully saturated rings. The van der Waals surface area contributed by atoms with Crippen LogP contribution in [0.5, 0.6) is 5.75 Å². The molecular formula is C22H22N2O. The van der Waals surface area contributed by atoms with Crippen LogP contribution >= 0.6 is 0 Å². The Morgan fingerprint density at radius 1 is 1.04 bits per heavy atom. The quantitative estimate of drug-likeness (QED) is 0.714. The van der Waals surface area contributed by atoms with Crippen molar-refractivity contribution in [1.82, 2.24) is 9.88 Å². The Balaban J connectivity index is 1.73. The van der Waals surface area contributed by atoms with Gasteiger partial charge in [0.15, 0.2) is 0 Å². The predicted octanol–water partition coefficient (Wildman–Crippen LogP) is 4.33. The van der Waals surface area contributed by atoms with Gasteiger partial charge in [-0.25, -0.2) is 0 Å². The molecule has 0 N–H and O–H groups in total. The van der Waals surface area contributed by atoms with Gasteiger partial charge >= 0.3 is 0 Å². The number of aromatic nitrogens is 1. The molecule has 0 saturated heterocycles. The van der Waals surface area contributed by atoms with E-state index in [2.05, 4.69) is 53.3 Å². The Morgan fingerprint density at radius 2 is 1.88 bits per heavy atom. The second-order valence-electron chi connectivity index (χ2n) is 6.65. The van der Waals surface area contributed by atoms with Crippen molar-refractivity contribution in [2.45, 2.75) is 12.5 Å². The van der Waals surface area contributed by atoms with Crippen LogP contribution in [0.1, 0.15) is 22.6 Å². The standard InChI is InChI=1S/C22H22N2O/c1-24-14-18-13-17(22-5-3-4-12-23-22)8-11-20(18)21(15-24)16-6-9-19(25-2)10-7-16/h3-13,21H,14-15H2,1-2H3/t21-/m0/s1. The summed E-state index contributed by atoms with van der Waals surface area (Å²) in [6.07, 6.45) is 1.85. The van der Waals surface area contributed by atoms with Gasteiger partial charge in [0.25, 0.3) is 0 Å². The predicted molar refractivity (Wildman–Crippen MR) is 101 cm³/mol. The van der Waals surface area contributed by atoms with E-state index in [1.807, 2.05) is 30.5 Å². The molecule has 0 radical (unpaired) electrons. The van der Waals surface area contributed by atoms with E-state index in [4.69, 9.17) is 4.74 Å². The number of hydrogen-bond donors (Lipinski definition) is 0. The lowest BCUT2D eigenvalue weighted by atomic mass is 9.84. The van der Waals surface area contributed by atoms with Gasteiger partial charge in [0.2, 0.25) is 0 Å². The fourth-order valence-corrected chi connectivity index (χ4v) is 3.66. The summed E-state index contributed by atoms with van der Waals surface area (Å²) in [5, 5.41) is 0. The molecule has 2 heterocycles. The number of nitrogens with zero attached hydrogens (tertiary/aromatic N) is 2. The van der Waals surface area contributed by atoms with Crippen molar-refractivity contribution in [1.29, 1.82) is 0 Å². The van der Waals surface area contributed by atoms with Gasteiger partial charge in [-0.05, 0) is 54.1 Å². The van der Waals surface area contributed by atoms with Crippen LogP contribution < -0.4 is 4.74 Å². The van der Waals surface area contributed by atoms with Crippen molar-refractivity contribution in [3.63, 3.8) is 0 Å². The summed E-state index contributed by atoms with van der Waals surface area (Å²) >= 11 is 0. The summed E-state index contributed by atoms with van der Waals surface area (Å²) in [6, 6.07) is 21.3. The first kappa shape index (κ1) is 15.9. The van der Waals surface area contributed by atoms with Crippen LogP contribution in [0.2, 0.25) is 0 Å². The number of pyridine rings is 1. The normalized spacial score (nSPS) is 17.1. The first-order valence-electron chi connectivity index (χ1n) is 8.61. The number of benzene rings is 2. The van der Waals surface area contributed by atoms with Crippen LogP contribution in [0.4, 0.5) is 0 Å². The van der Waals surface area contributed by atoms with Crippen LogP contribution in [-0.4, -0.2) is 30.6 Å². The third-order valence-electron chi connectivity index (χ3n) is 4.93. The summed E-state index contributed by atoms with van der Waals surface area (Å²) in [4.78, 5) is 6.87. The summed E-state index contributed by atoms with van der Waals surface area (Å²) in [7, 11) is 3.89. The first-order chi connectivity index (χ1) is 12.2. The molecule has 0 spiro atoms. The fraction of sp³-hybridized carbons (Fsp3) is 0.227. The molecular weight excluding hydrogens is 308 g/mol. The Hall–Kier alpha value is -2.65. The van der Waals surface area contributed by atoms with Crippen molar-refractivity contribution < 1.29 is 4.74 Å². The molecule has 2 aromatic carbocycles. The van der Waals surface area contributed by atoms with Gasteiger partial charge in [-0.2, -0.15) is 0 Å². The second kappa shape index (κ2) is 6.69. The third-order valence-corrected chi connectivity index (χ3v) is 4.93. The van der Waals surface area contributed by atoms with Crippen molar-refractivity contribution in [2.24, 2.45) is 0 Å². The molecule has 0 unspecified atom stereocenters. The number of fused-ring (bicyclic) bond motifs is 1. The summed E-state index contributed by atoms with van der Waals surface area (Å²) in [6.45, 7) is 2.00. The van der Waals surface area contributed by atoms with Crippen molar-refractivity contribution in [3.05, 3.63) is 83.6 Å². The van der Waals surface area contributed by atoms with E-state index in [1.165, 1.54) is 22.3 Å².